The summed E-state index contributed by atoms with van der Waals surface area (Å²) in [6, 6.07) is 0. The molecular formula is C16H29OS. The van der Waals surface area contributed by atoms with Crippen molar-refractivity contribution in [3.63, 3.8) is 0 Å². The summed E-state index contributed by atoms with van der Waals surface area (Å²) in [5.74, 6) is 2.58. The minimum atomic E-state index is 0.651. The van der Waals surface area contributed by atoms with Gasteiger partial charge in [0.15, 0.2) is 0 Å². The van der Waals surface area contributed by atoms with Gasteiger partial charge in [0.05, 0.1) is 0 Å². The van der Waals surface area contributed by atoms with Crippen LogP contribution < -0.4 is 0 Å². The fourth-order valence-corrected chi connectivity index (χ4v) is 3.74. The largest absolute Gasteiger partial charge is 0.381 e. The second kappa shape index (κ2) is 8.47. The molecule has 18 heavy (non-hydrogen) atoms. The second-order valence-corrected chi connectivity index (χ2v) is 6.80. The second-order valence-electron chi connectivity index (χ2n) is 6.07. The monoisotopic (exact) mass is 269 g/mol. The van der Waals surface area contributed by atoms with Crippen LogP contribution in [-0.2, 0) is 4.74 Å². The van der Waals surface area contributed by atoms with Crippen LogP contribution in [0.2, 0.25) is 0 Å². The first-order valence-electron chi connectivity index (χ1n) is 7.96. The lowest BCUT2D eigenvalue weighted by molar-refractivity contribution is 0.0818. The Kier molecular flexibility index (Phi) is 6.93. The van der Waals surface area contributed by atoms with Gasteiger partial charge >= 0.3 is 0 Å². The molecule has 0 aromatic heterocycles. The molecule has 1 nitrogen and oxygen atoms in total. The summed E-state index contributed by atoms with van der Waals surface area (Å²) in [5, 5.41) is 0.651. The molecule has 2 heteroatoms. The van der Waals surface area contributed by atoms with E-state index in [9.17, 15) is 0 Å². The predicted molar refractivity (Wildman–Crippen MR) is 81.1 cm³/mol. The van der Waals surface area contributed by atoms with Crippen molar-refractivity contribution in [2.24, 2.45) is 5.92 Å². The van der Waals surface area contributed by atoms with E-state index >= 15 is 0 Å². The molecule has 2 atom stereocenters. The van der Waals surface area contributed by atoms with Crippen LogP contribution in [0.3, 0.4) is 0 Å². The van der Waals surface area contributed by atoms with Gasteiger partial charge in [-0.1, -0.05) is 32.1 Å². The van der Waals surface area contributed by atoms with Crippen molar-refractivity contribution >= 4 is 12.6 Å². The van der Waals surface area contributed by atoms with Gasteiger partial charge in [0.1, 0.15) is 0 Å². The molecule has 2 rings (SSSR count). The third-order valence-corrected chi connectivity index (χ3v) is 5.07. The normalized spacial score (nSPS) is 33.8. The van der Waals surface area contributed by atoms with Crippen LogP contribution in [0.5, 0.6) is 0 Å². The van der Waals surface area contributed by atoms with Gasteiger partial charge in [-0.2, -0.15) is 12.6 Å². The molecule has 0 bridgehead atoms. The number of rotatable bonds is 1. The van der Waals surface area contributed by atoms with Crippen LogP contribution in [0.15, 0.2) is 0 Å². The van der Waals surface area contributed by atoms with Crippen molar-refractivity contribution in [3.8, 4) is 0 Å². The number of thiol groups is 1. The quantitative estimate of drug-likeness (QED) is 0.672. The van der Waals surface area contributed by atoms with Gasteiger partial charge in [0, 0.05) is 18.5 Å². The maximum atomic E-state index is 5.83. The standard InChI is InChI=1S/C16H29OS/c18-16-10-4-3-7-14(9-6-11-16)15-8-2-1-5-12-17-13-15/h15-16,18H,1-13H2. The Morgan fingerprint density at radius 3 is 2.56 bits per heavy atom. The predicted octanol–water partition coefficient (Wildman–Crippen LogP) is 4.81. The van der Waals surface area contributed by atoms with Crippen molar-refractivity contribution in [2.75, 3.05) is 13.2 Å². The topological polar surface area (TPSA) is 9.23 Å². The molecule has 1 radical (unpaired) electrons. The molecule has 2 fully saturated rings. The average Bonchev–Trinajstić information content (AvgIpc) is 2.41. The molecule has 0 aromatic carbocycles. The third-order valence-electron chi connectivity index (χ3n) is 4.56. The molecule has 1 saturated heterocycles. The zero-order valence-electron chi connectivity index (χ0n) is 11.7. The first-order chi connectivity index (χ1) is 8.86. The summed E-state index contributed by atoms with van der Waals surface area (Å²) in [6.45, 7) is 1.99. The molecule has 0 spiro atoms. The number of hydrogen-bond donors (Lipinski definition) is 1. The van der Waals surface area contributed by atoms with Crippen molar-refractivity contribution in [3.05, 3.63) is 5.92 Å². The highest BCUT2D eigenvalue weighted by Gasteiger charge is 2.23. The SMILES string of the molecule is SC1CCCC[C](C2CCCCCOC2)CCC1. The van der Waals surface area contributed by atoms with E-state index in [4.69, 9.17) is 4.74 Å². The number of ether oxygens (including phenoxy) is 1. The Hall–Kier alpha value is 0.310. The molecule has 1 aliphatic heterocycles. The van der Waals surface area contributed by atoms with Crippen LogP contribution in [-0.4, -0.2) is 18.5 Å². The van der Waals surface area contributed by atoms with Gasteiger partial charge in [-0.15, -0.1) is 0 Å². The zero-order valence-corrected chi connectivity index (χ0v) is 12.6. The van der Waals surface area contributed by atoms with Gasteiger partial charge in [-0.25, -0.2) is 0 Å². The fourth-order valence-electron chi connectivity index (χ4n) is 3.38. The molecule has 0 N–H and O–H groups in total. The molecule has 1 aliphatic carbocycles. The molecule has 0 aromatic rings. The Bertz CT molecular complexity index is 211. The summed E-state index contributed by atoms with van der Waals surface area (Å²) < 4.78 is 5.83. The molecule has 2 aliphatic rings. The lowest BCUT2D eigenvalue weighted by Crippen LogP contribution is -2.21. The molecular weight excluding hydrogens is 240 g/mol. The van der Waals surface area contributed by atoms with Crippen molar-refractivity contribution < 1.29 is 4.74 Å². The van der Waals surface area contributed by atoms with Gasteiger partial charge in [0.2, 0.25) is 0 Å². The molecule has 2 unspecified atom stereocenters. The maximum absolute atomic E-state index is 5.83. The van der Waals surface area contributed by atoms with E-state index in [2.05, 4.69) is 12.6 Å². The fraction of sp³-hybridized carbons (Fsp3) is 0.938. The summed E-state index contributed by atoms with van der Waals surface area (Å²) >= 11 is 4.68. The highest BCUT2D eigenvalue weighted by atomic mass is 32.1. The van der Waals surface area contributed by atoms with E-state index in [0.29, 0.717) is 5.25 Å². The van der Waals surface area contributed by atoms with Crippen molar-refractivity contribution in [2.45, 2.75) is 75.9 Å². The highest BCUT2D eigenvalue weighted by molar-refractivity contribution is 7.80. The summed E-state index contributed by atoms with van der Waals surface area (Å²) in [6.07, 6.45) is 14.8. The van der Waals surface area contributed by atoms with Crippen LogP contribution in [0.1, 0.15) is 70.6 Å². The Balaban J connectivity index is 1.83. The summed E-state index contributed by atoms with van der Waals surface area (Å²) in [7, 11) is 0. The highest BCUT2D eigenvalue weighted by Crippen LogP contribution is 2.34. The maximum Gasteiger partial charge on any atom is 0.0499 e. The lowest BCUT2D eigenvalue weighted by Gasteiger charge is -2.28. The zero-order chi connectivity index (χ0) is 12.6. The summed E-state index contributed by atoms with van der Waals surface area (Å²) in [5.41, 5.74) is 0. The van der Waals surface area contributed by atoms with Crippen LogP contribution >= 0.6 is 12.6 Å². The Morgan fingerprint density at radius 1 is 0.833 bits per heavy atom. The first-order valence-corrected chi connectivity index (χ1v) is 8.48. The minimum Gasteiger partial charge on any atom is -0.381 e. The van der Waals surface area contributed by atoms with E-state index in [1.165, 1.54) is 70.6 Å². The van der Waals surface area contributed by atoms with Gasteiger partial charge in [-0.3, -0.25) is 0 Å². The first kappa shape index (κ1) is 14.7. The third kappa shape index (κ3) is 5.13. The van der Waals surface area contributed by atoms with Crippen LogP contribution in [0, 0.1) is 11.8 Å². The smallest absolute Gasteiger partial charge is 0.0499 e. The van der Waals surface area contributed by atoms with E-state index in [1.54, 1.807) is 0 Å². The van der Waals surface area contributed by atoms with Crippen LogP contribution in [0.4, 0.5) is 0 Å². The Labute approximate surface area is 118 Å². The van der Waals surface area contributed by atoms with Crippen molar-refractivity contribution in [1.29, 1.82) is 0 Å². The average molecular weight is 269 g/mol. The molecule has 0 amide bonds. The minimum absolute atomic E-state index is 0.651. The van der Waals surface area contributed by atoms with Gasteiger partial charge < -0.3 is 4.74 Å². The molecule has 105 valence electrons. The van der Waals surface area contributed by atoms with E-state index in [1.807, 2.05) is 5.92 Å². The Morgan fingerprint density at radius 2 is 1.61 bits per heavy atom. The number of hydrogen-bond acceptors (Lipinski definition) is 2. The molecule has 1 saturated carbocycles. The van der Waals surface area contributed by atoms with E-state index in [-0.39, 0.29) is 0 Å². The van der Waals surface area contributed by atoms with Gasteiger partial charge in [-0.05, 0) is 50.4 Å². The van der Waals surface area contributed by atoms with Crippen LogP contribution in [0.25, 0.3) is 0 Å². The molecule has 1 heterocycles. The lowest BCUT2D eigenvalue weighted by atomic mass is 9.81. The van der Waals surface area contributed by atoms with Crippen molar-refractivity contribution in [1.82, 2.24) is 0 Å². The summed E-state index contributed by atoms with van der Waals surface area (Å²) in [4.78, 5) is 0. The van der Waals surface area contributed by atoms with E-state index < -0.39 is 0 Å². The van der Waals surface area contributed by atoms with E-state index in [0.717, 1.165) is 19.1 Å². The van der Waals surface area contributed by atoms with Gasteiger partial charge in [0.25, 0.3) is 0 Å².